The number of carbonyl (C=O) groups is 1. The molecule has 0 aliphatic heterocycles. The van der Waals surface area contributed by atoms with E-state index in [0.717, 1.165) is 16.7 Å². The molecule has 2 heterocycles. The molecule has 0 fully saturated rings. The zero-order valence-electron chi connectivity index (χ0n) is 21.5. The van der Waals surface area contributed by atoms with E-state index in [1.165, 1.54) is 11.8 Å². The standard InChI is InChI=1S/C30H25ClN6O2S/c1-2-24(37-29(33)35-36-30(37)40-18-21-15-9-10-16-23(21)31)27(38)34-28-22(17-32)25(19-11-5-3-6-12-19)26(39-28)20-13-7-4-8-14-20/h3-16,24H,2,18H2,1H3,(H2,33,35)(H,34,38). The number of benzene rings is 3. The summed E-state index contributed by atoms with van der Waals surface area (Å²) in [5.74, 6) is 0.789. The van der Waals surface area contributed by atoms with Crippen molar-refractivity contribution in [3.05, 3.63) is 101 Å². The van der Waals surface area contributed by atoms with E-state index < -0.39 is 11.9 Å². The van der Waals surface area contributed by atoms with Gasteiger partial charge in [0.25, 0.3) is 0 Å². The van der Waals surface area contributed by atoms with Crippen LogP contribution in [0.2, 0.25) is 5.02 Å². The molecule has 0 aliphatic carbocycles. The Kier molecular flexibility index (Phi) is 8.20. The Morgan fingerprint density at radius 3 is 2.35 bits per heavy atom. The molecule has 5 aromatic rings. The summed E-state index contributed by atoms with van der Waals surface area (Å²) >= 11 is 7.70. The molecule has 0 bridgehead atoms. The number of carbonyl (C=O) groups excluding carboxylic acids is 1. The molecule has 0 saturated carbocycles. The van der Waals surface area contributed by atoms with Crippen LogP contribution in [0.1, 0.15) is 30.5 Å². The van der Waals surface area contributed by atoms with Crippen molar-refractivity contribution in [3.8, 4) is 28.5 Å². The molecule has 3 N–H and O–H groups in total. The number of thioether (sulfide) groups is 1. The van der Waals surface area contributed by atoms with Crippen molar-refractivity contribution in [1.29, 1.82) is 5.26 Å². The molecule has 2 aromatic heterocycles. The smallest absolute Gasteiger partial charge is 0.249 e. The van der Waals surface area contributed by atoms with Crippen LogP contribution >= 0.6 is 23.4 Å². The second-order valence-corrected chi connectivity index (χ2v) is 10.2. The van der Waals surface area contributed by atoms with Gasteiger partial charge in [0.2, 0.25) is 17.7 Å². The summed E-state index contributed by atoms with van der Waals surface area (Å²) in [5, 5.41) is 22.4. The number of hydrogen-bond acceptors (Lipinski definition) is 7. The number of nitriles is 1. The van der Waals surface area contributed by atoms with E-state index in [4.69, 9.17) is 21.8 Å². The van der Waals surface area contributed by atoms with Gasteiger partial charge in [0.05, 0.1) is 0 Å². The van der Waals surface area contributed by atoms with Crippen molar-refractivity contribution in [2.75, 3.05) is 11.1 Å². The highest BCUT2D eigenvalue weighted by Gasteiger charge is 2.29. The highest BCUT2D eigenvalue weighted by molar-refractivity contribution is 7.98. The quantitative estimate of drug-likeness (QED) is 0.180. The molecule has 0 aliphatic rings. The van der Waals surface area contributed by atoms with Gasteiger partial charge in [0, 0.05) is 21.9 Å². The third-order valence-electron chi connectivity index (χ3n) is 6.36. The Bertz CT molecular complexity index is 1680. The van der Waals surface area contributed by atoms with E-state index in [1.807, 2.05) is 91.9 Å². The van der Waals surface area contributed by atoms with Crippen LogP contribution in [0.25, 0.3) is 22.5 Å². The number of hydrogen-bond donors (Lipinski definition) is 2. The van der Waals surface area contributed by atoms with Crippen LogP contribution in [0.5, 0.6) is 0 Å². The van der Waals surface area contributed by atoms with Gasteiger partial charge in [-0.2, -0.15) is 5.26 Å². The van der Waals surface area contributed by atoms with E-state index in [2.05, 4.69) is 21.6 Å². The molecule has 8 nitrogen and oxygen atoms in total. The van der Waals surface area contributed by atoms with Gasteiger partial charge in [-0.15, -0.1) is 10.2 Å². The van der Waals surface area contributed by atoms with Crippen LogP contribution in [0.4, 0.5) is 11.8 Å². The summed E-state index contributed by atoms with van der Waals surface area (Å²) < 4.78 is 7.79. The van der Waals surface area contributed by atoms with Gasteiger partial charge in [-0.1, -0.05) is 109 Å². The summed E-state index contributed by atoms with van der Waals surface area (Å²) in [6.07, 6.45) is 0.396. The average Bonchev–Trinajstić information content (AvgIpc) is 3.54. The fraction of sp³-hybridized carbons (Fsp3) is 0.133. The minimum absolute atomic E-state index is 0.0700. The van der Waals surface area contributed by atoms with Crippen LogP contribution in [-0.2, 0) is 10.5 Å². The van der Waals surface area contributed by atoms with E-state index in [1.54, 1.807) is 4.57 Å². The van der Waals surface area contributed by atoms with E-state index in [-0.39, 0.29) is 17.4 Å². The lowest BCUT2D eigenvalue weighted by Crippen LogP contribution is -2.27. The van der Waals surface area contributed by atoms with E-state index in [0.29, 0.717) is 33.7 Å². The molecule has 1 amide bonds. The zero-order chi connectivity index (χ0) is 28.1. The van der Waals surface area contributed by atoms with Crippen molar-refractivity contribution in [2.24, 2.45) is 0 Å². The SMILES string of the molecule is CCC(C(=O)Nc1oc(-c2ccccc2)c(-c2ccccc2)c1C#N)n1c(N)nnc1SCc1ccccc1Cl. The number of anilines is 2. The van der Waals surface area contributed by atoms with E-state index in [9.17, 15) is 10.1 Å². The van der Waals surface area contributed by atoms with Crippen molar-refractivity contribution in [3.63, 3.8) is 0 Å². The molecule has 3 aromatic carbocycles. The third kappa shape index (κ3) is 5.45. The van der Waals surface area contributed by atoms with Crippen LogP contribution in [-0.4, -0.2) is 20.7 Å². The highest BCUT2D eigenvalue weighted by Crippen LogP contribution is 2.41. The van der Waals surface area contributed by atoms with Crippen LogP contribution in [0.15, 0.2) is 94.5 Å². The molecule has 200 valence electrons. The molecule has 0 radical (unpaired) electrons. The Morgan fingerprint density at radius 1 is 1.05 bits per heavy atom. The summed E-state index contributed by atoms with van der Waals surface area (Å²) in [6, 6.07) is 28.0. The molecule has 40 heavy (non-hydrogen) atoms. The van der Waals surface area contributed by atoms with Crippen molar-refractivity contribution >= 4 is 41.1 Å². The second kappa shape index (κ2) is 12.1. The average molecular weight is 569 g/mol. The topological polar surface area (TPSA) is 123 Å². The number of nitrogen functional groups attached to an aromatic ring is 1. The Balaban J connectivity index is 1.48. The fourth-order valence-electron chi connectivity index (χ4n) is 4.42. The van der Waals surface area contributed by atoms with Gasteiger partial charge in [0.15, 0.2) is 5.16 Å². The molecule has 0 saturated heterocycles. The lowest BCUT2D eigenvalue weighted by Gasteiger charge is -2.18. The first kappa shape index (κ1) is 27.1. The summed E-state index contributed by atoms with van der Waals surface area (Å²) in [7, 11) is 0. The summed E-state index contributed by atoms with van der Waals surface area (Å²) in [4.78, 5) is 13.7. The molecular formula is C30H25ClN6O2S. The first-order chi connectivity index (χ1) is 19.5. The summed E-state index contributed by atoms with van der Waals surface area (Å²) in [5.41, 5.74) is 9.53. The molecular weight excluding hydrogens is 544 g/mol. The highest BCUT2D eigenvalue weighted by atomic mass is 35.5. The van der Waals surface area contributed by atoms with Gasteiger partial charge < -0.3 is 10.2 Å². The van der Waals surface area contributed by atoms with Gasteiger partial charge in [-0.25, -0.2) is 0 Å². The van der Waals surface area contributed by atoms with Gasteiger partial charge in [-0.3, -0.25) is 14.7 Å². The third-order valence-corrected chi connectivity index (χ3v) is 7.72. The molecule has 1 atom stereocenters. The second-order valence-electron chi connectivity index (χ2n) is 8.86. The van der Waals surface area contributed by atoms with Crippen LogP contribution in [0.3, 0.4) is 0 Å². The Hall–Kier alpha value is -4.52. The number of furan rings is 1. The number of aromatic nitrogens is 3. The van der Waals surface area contributed by atoms with Gasteiger partial charge in [-0.05, 0) is 23.6 Å². The minimum Gasteiger partial charge on any atom is -0.438 e. The van der Waals surface area contributed by atoms with E-state index >= 15 is 0 Å². The number of halogens is 1. The van der Waals surface area contributed by atoms with Crippen molar-refractivity contribution in [1.82, 2.24) is 14.8 Å². The number of rotatable bonds is 9. The maximum atomic E-state index is 13.7. The van der Waals surface area contributed by atoms with Crippen LogP contribution in [0, 0.1) is 11.3 Å². The maximum Gasteiger partial charge on any atom is 0.249 e. The Morgan fingerprint density at radius 2 is 1.70 bits per heavy atom. The Labute approximate surface area is 240 Å². The maximum absolute atomic E-state index is 13.7. The van der Waals surface area contributed by atoms with Gasteiger partial charge in [0.1, 0.15) is 23.4 Å². The van der Waals surface area contributed by atoms with Crippen molar-refractivity contribution < 1.29 is 9.21 Å². The molecule has 5 rings (SSSR count). The normalized spacial score (nSPS) is 11.6. The molecule has 10 heteroatoms. The van der Waals surface area contributed by atoms with Crippen LogP contribution < -0.4 is 11.1 Å². The summed E-state index contributed by atoms with van der Waals surface area (Å²) in [6.45, 7) is 1.87. The predicted octanol–water partition coefficient (Wildman–Crippen LogP) is 7.19. The number of amides is 1. The predicted molar refractivity (Wildman–Crippen MR) is 158 cm³/mol. The molecule has 1 unspecified atom stereocenters. The molecule has 0 spiro atoms. The first-order valence-electron chi connectivity index (χ1n) is 12.6. The lowest BCUT2D eigenvalue weighted by molar-refractivity contribution is -0.119. The largest absolute Gasteiger partial charge is 0.438 e. The number of nitrogens with one attached hydrogen (secondary N) is 1. The minimum atomic E-state index is -0.749. The lowest BCUT2D eigenvalue weighted by atomic mass is 9.98. The number of nitrogens with two attached hydrogens (primary N) is 1. The van der Waals surface area contributed by atoms with Crippen molar-refractivity contribution in [2.45, 2.75) is 30.3 Å². The first-order valence-corrected chi connectivity index (χ1v) is 13.9. The van der Waals surface area contributed by atoms with Gasteiger partial charge >= 0.3 is 0 Å². The zero-order valence-corrected chi connectivity index (χ0v) is 23.1. The fourth-order valence-corrected chi connectivity index (χ4v) is 5.69. The monoisotopic (exact) mass is 568 g/mol. The number of nitrogens with zero attached hydrogens (tertiary/aromatic N) is 4.